The van der Waals surface area contributed by atoms with Crippen molar-refractivity contribution in [2.45, 2.75) is 77.3 Å². The summed E-state index contributed by atoms with van der Waals surface area (Å²) in [4.78, 5) is 63.3. The normalized spacial score (nSPS) is 23.0. The summed E-state index contributed by atoms with van der Waals surface area (Å²) in [5.41, 5.74) is 2.50. The SMILES string of the molecule is Cc1nc2c(=O)c(N3CCN(C(=O)c4ncnc(C)c4O)[C@H]4CC[C@@H]43)c3n(c2nc1C)[C@@H](C(=O)Nc1ccc2c(c1Cl)OC(F)(F)O2)C[C@H]3C. The van der Waals surface area contributed by atoms with Crippen LogP contribution in [0.15, 0.2) is 23.3 Å². The predicted molar refractivity (Wildman–Crippen MR) is 175 cm³/mol. The van der Waals surface area contributed by atoms with E-state index in [1.807, 2.05) is 11.8 Å². The van der Waals surface area contributed by atoms with E-state index in [9.17, 15) is 28.3 Å². The number of nitrogens with one attached hydrogen (secondary N) is 1. The molecule has 0 unspecified atom stereocenters. The van der Waals surface area contributed by atoms with Gasteiger partial charge in [0.15, 0.2) is 34.1 Å². The molecule has 2 amide bonds. The molecule has 1 aromatic carbocycles. The lowest BCUT2D eigenvalue weighted by Gasteiger charge is -2.54. The molecule has 0 spiro atoms. The van der Waals surface area contributed by atoms with E-state index >= 15 is 0 Å². The van der Waals surface area contributed by atoms with Crippen molar-refractivity contribution in [2.75, 3.05) is 23.3 Å². The fraction of sp³-hybridized carbons (Fsp3) is 0.424. The number of hydrogen-bond donors (Lipinski definition) is 2. The van der Waals surface area contributed by atoms with Crippen molar-refractivity contribution in [3.8, 4) is 17.2 Å². The Kier molecular flexibility index (Phi) is 7.19. The van der Waals surface area contributed by atoms with Gasteiger partial charge in [-0.1, -0.05) is 18.5 Å². The van der Waals surface area contributed by atoms with Gasteiger partial charge < -0.3 is 34.3 Å². The van der Waals surface area contributed by atoms with Crippen LogP contribution < -0.4 is 25.1 Å². The fourth-order valence-electron chi connectivity index (χ4n) is 7.53. The van der Waals surface area contributed by atoms with Crippen molar-refractivity contribution in [3.63, 3.8) is 0 Å². The van der Waals surface area contributed by atoms with E-state index in [-0.39, 0.29) is 74.8 Å². The first kappa shape index (κ1) is 32.1. The number of rotatable bonds is 4. The van der Waals surface area contributed by atoms with Gasteiger partial charge in [-0.05, 0) is 52.2 Å². The second-order valence-electron chi connectivity index (χ2n) is 13.1. The Morgan fingerprint density at radius 2 is 1.78 bits per heavy atom. The molecule has 0 bridgehead atoms. The molecule has 2 N–H and O–H groups in total. The molecular weight excluding hydrogens is 678 g/mol. The van der Waals surface area contributed by atoms with Gasteiger partial charge in [-0.15, -0.1) is 8.78 Å². The number of aromatic hydroxyl groups is 1. The van der Waals surface area contributed by atoms with Gasteiger partial charge in [0.1, 0.15) is 23.1 Å². The van der Waals surface area contributed by atoms with E-state index in [1.165, 1.54) is 18.5 Å². The summed E-state index contributed by atoms with van der Waals surface area (Å²) in [5, 5.41) is 13.0. The number of carbonyl (C=O) groups excluding carboxylic acids is 2. The maximum atomic E-state index is 14.5. The molecule has 2 fully saturated rings. The van der Waals surface area contributed by atoms with Crippen LogP contribution in [0, 0.1) is 20.8 Å². The van der Waals surface area contributed by atoms with E-state index in [4.69, 9.17) is 16.6 Å². The average Bonchev–Trinajstić information content (AvgIpc) is 3.57. The molecule has 260 valence electrons. The highest BCUT2D eigenvalue weighted by atomic mass is 35.5. The highest BCUT2D eigenvalue weighted by Gasteiger charge is 2.49. The number of pyridine rings is 1. The van der Waals surface area contributed by atoms with Crippen molar-refractivity contribution < 1.29 is 33.0 Å². The Morgan fingerprint density at radius 1 is 1.04 bits per heavy atom. The lowest BCUT2D eigenvalue weighted by molar-refractivity contribution is -0.286. The maximum Gasteiger partial charge on any atom is 0.586 e. The summed E-state index contributed by atoms with van der Waals surface area (Å²) in [6.07, 6.45) is -0.952. The van der Waals surface area contributed by atoms with Crippen molar-refractivity contribution in [2.24, 2.45) is 0 Å². The molecule has 1 aliphatic carbocycles. The van der Waals surface area contributed by atoms with E-state index in [0.29, 0.717) is 54.3 Å². The number of halogens is 3. The Morgan fingerprint density at radius 3 is 2.52 bits per heavy atom. The number of hydrogen-bond acceptors (Lipinski definition) is 11. The van der Waals surface area contributed by atoms with Crippen LogP contribution in [0.5, 0.6) is 17.2 Å². The third-order valence-corrected chi connectivity index (χ3v) is 10.6. The third-order valence-electron chi connectivity index (χ3n) is 10.2. The Balaban J connectivity index is 1.18. The van der Waals surface area contributed by atoms with Crippen LogP contribution in [0.25, 0.3) is 11.2 Å². The molecule has 17 heteroatoms. The Hall–Kier alpha value is -5.12. The average molecular weight is 709 g/mol. The molecule has 4 aromatic rings. The minimum atomic E-state index is -3.89. The summed E-state index contributed by atoms with van der Waals surface area (Å²) in [7, 11) is 0. The number of ether oxygens (including phenoxy) is 2. The number of carbonyl (C=O) groups is 2. The molecule has 0 radical (unpaired) electrons. The van der Waals surface area contributed by atoms with E-state index in [1.54, 1.807) is 30.2 Å². The number of anilines is 2. The molecule has 6 heterocycles. The number of piperazine rings is 1. The first-order valence-corrected chi connectivity index (χ1v) is 16.5. The van der Waals surface area contributed by atoms with Crippen LogP contribution in [0.3, 0.4) is 0 Å². The fourth-order valence-corrected chi connectivity index (χ4v) is 7.77. The molecule has 1 saturated heterocycles. The van der Waals surface area contributed by atoms with Gasteiger partial charge in [0.25, 0.3) is 5.91 Å². The number of aryl methyl sites for hydroxylation is 3. The van der Waals surface area contributed by atoms with Crippen LogP contribution in [-0.2, 0) is 4.79 Å². The molecule has 50 heavy (non-hydrogen) atoms. The molecule has 8 rings (SSSR count). The van der Waals surface area contributed by atoms with Crippen molar-refractivity contribution in [1.82, 2.24) is 29.4 Å². The number of alkyl halides is 2. The topological polar surface area (TPSA) is 165 Å². The quantitative estimate of drug-likeness (QED) is 0.309. The van der Waals surface area contributed by atoms with Crippen LogP contribution in [0.2, 0.25) is 5.02 Å². The number of fused-ring (bicyclic) bond motifs is 5. The second-order valence-corrected chi connectivity index (χ2v) is 13.5. The third kappa shape index (κ3) is 4.75. The summed E-state index contributed by atoms with van der Waals surface area (Å²) >= 11 is 6.39. The molecule has 4 atom stereocenters. The standard InChI is InChI=1S/C33H31ClF2N8O6/c1-13-11-20(31(47)41-17-5-8-21-29(22(17)34)50-33(35,36)49-21)44-25(13)26(28(46)23-30(44)40-15(3)14(2)39-23)42-9-10-43(19-7-6-18(19)42)32(48)24-27(45)16(4)37-12-38-24/h5,8,12-13,18-20,45H,6-7,9-11H2,1-4H3,(H,41,47)/t13-,18+,19+,20-/m1/s1. The lowest BCUT2D eigenvalue weighted by atomic mass is 9.81. The van der Waals surface area contributed by atoms with Gasteiger partial charge >= 0.3 is 6.29 Å². The van der Waals surface area contributed by atoms with Crippen LogP contribution in [0.1, 0.15) is 71.4 Å². The zero-order chi connectivity index (χ0) is 35.4. The summed E-state index contributed by atoms with van der Waals surface area (Å²) in [6.45, 7) is 7.62. The zero-order valence-electron chi connectivity index (χ0n) is 27.3. The summed E-state index contributed by atoms with van der Waals surface area (Å²) in [6, 6.07) is 1.26. The van der Waals surface area contributed by atoms with Crippen molar-refractivity contribution in [1.29, 1.82) is 0 Å². The molecule has 1 saturated carbocycles. The lowest BCUT2D eigenvalue weighted by Crippen LogP contribution is -2.67. The molecule has 3 aliphatic heterocycles. The van der Waals surface area contributed by atoms with E-state index < -0.39 is 24.2 Å². The van der Waals surface area contributed by atoms with Crippen LogP contribution in [0.4, 0.5) is 20.2 Å². The van der Waals surface area contributed by atoms with Gasteiger partial charge in [0, 0.05) is 25.0 Å². The predicted octanol–water partition coefficient (Wildman–Crippen LogP) is 4.37. The zero-order valence-corrected chi connectivity index (χ0v) is 28.1. The largest absolute Gasteiger partial charge is 0.586 e. The highest BCUT2D eigenvalue weighted by molar-refractivity contribution is 6.35. The van der Waals surface area contributed by atoms with Crippen molar-refractivity contribution in [3.05, 3.63) is 62.2 Å². The van der Waals surface area contributed by atoms with Gasteiger partial charge in [-0.3, -0.25) is 14.4 Å². The molecular formula is C33H31ClF2N8O6. The van der Waals surface area contributed by atoms with Gasteiger partial charge in [-0.2, -0.15) is 0 Å². The number of aromatic nitrogens is 5. The Bertz CT molecular complexity index is 2220. The van der Waals surface area contributed by atoms with Gasteiger partial charge in [0.05, 0.1) is 34.5 Å². The smallest absolute Gasteiger partial charge is 0.504 e. The summed E-state index contributed by atoms with van der Waals surface area (Å²) < 4.78 is 38.3. The van der Waals surface area contributed by atoms with Gasteiger partial charge in [-0.25, -0.2) is 19.9 Å². The van der Waals surface area contributed by atoms with E-state index in [0.717, 1.165) is 0 Å². The number of amides is 2. The first-order chi connectivity index (χ1) is 23.8. The molecule has 3 aromatic heterocycles. The van der Waals surface area contributed by atoms with Gasteiger partial charge in [0.2, 0.25) is 11.3 Å². The van der Waals surface area contributed by atoms with Crippen molar-refractivity contribution >= 4 is 46.0 Å². The minimum Gasteiger partial charge on any atom is -0.504 e. The summed E-state index contributed by atoms with van der Waals surface area (Å²) in [5.74, 6) is -2.10. The van der Waals surface area contributed by atoms with E-state index in [2.05, 4.69) is 29.7 Å². The Labute approximate surface area is 288 Å². The number of nitrogens with zero attached hydrogens (tertiary/aromatic N) is 7. The van der Waals surface area contributed by atoms with Crippen LogP contribution in [-0.4, -0.2) is 77.8 Å². The monoisotopic (exact) mass is 708 g/mol. The highest BCUT2D eigenvalue weighted by Crippen LogP contribution is 2.50. The number of benzene rings is 1. The minimum absolute atomic E-state index is 0.0459. The molecule has 4 aliphatic rings. The second kappa shape index (κ2) is 11.2. The van der Waals surface area contributed by atoms with Crippen LogP contribution >= 0.6 is 11.6 Å². The molecule has 14 nitrogen and oxygen atoms in total. The first-order valence-electron chi connectivity index (χ1n) is 16.2. The maximum absolute atomic E-state index is 14.5.